The molecule has 0 heterocycles. The number of alkyl halides is 2. The zero-order chi connectivity index (χ0) is 21.6. The standard InChI is InChI=1S/C16H23BrFN.C7H6F2O/c1-4-6-8-13(9-7-5-2)19-16-11-15(18)14(17)10-12(16)3;8-7(9)10-6-4-2-1-3-5-6/h10-11H,4-9H2,1-3H3;1-5,7H. The van der Waals surface area contributed by atoms with Crippen molar-refractivity contribution in [1.29, 1.82) is 0 Å². The van der Waals surface area contributed by atoms with Crippen LogP contribution in [0, 0.1) is 12.7 Å². The maximum absolute atomic E-state index is 13.6. The van der Waals surface area contributed by atoms with E-state index in [-0.39, 0.29) is 11.6 Å². The van der Waals surface area contributed by atoms with Gasteiger partial charge >= 0.3 is 6.61 Å². The van der Waals surface area contributed by atoms with E-state index in [9.17, 15) is 13.2 Å². The Morgan fingerprint density at radius 1 is 1.03 bits per heavy atom. The van der Waals surface area contributed by atoms with Crippen molar-refractivity contribution in [3.63, 3.8) is 0 Å². The number of unbranched alkanes of at least 4 members (excludes halogenated alkanes) is 2. The van der Waals surface area contributed by atoms with Crippen molar-refractivity contribution in [3.8, 4) is 5.75 Å². The summed E-state index contributed by atoms with van der Waals surface area (Å²) in [4.78, 5) is 4.69. The van der Waals surface area contributed by atoms with Crippen molar-refractivity contribution < 1.29 is 17.9 Å². The molecule has 0 fully saturated rings. The monoisotopic (exact) mass is 471 g/mol. The van der Waals surface area contributed by atoms with Gasteiger partial charge in [-0.15, -0.1) is 0 Å². The largest absolute Gasteiger partial charge is 0.435 e. The van der Waals surface area contributed by atoms with Gasteiger partial charge in [0.25, 0.3) is 0 Å². The summed E-state index contributed by atoms with van der Waals surface area (Å²) in [6.07, 6.45) is 6.68. The lowest BCUT2D eigenvalue weighted by atomic mass is 10.1. The Morgan fingerprint density at radius 3 is 2.14 bits per heavy atom. The van der Waals surface area contributed by atoms with E-state index in [0.29, 0.717) is 4.47 Å². The van der Waals surface area contributed by atoms with Crippen LogP contribution < -0.4 is 4.74 Å². The minimum absolute atomic E-state index is 0.192. The molecule has 0 aromatic heterocycles. The summed E-state index contributed by atoms with van der Waals surface area (Å²) in [6.45, 7) is 3.60. The zero-order valence-electron chi connectivity index (χ0n) is 17.2. The van der Waals surface area contributed by atoms with Crippen LogP contribution in [-0.4, -0.2) is 12.3 Å². The van der Waals surface area contributed by atoms with Gasteiger partial charge in [-0.25, -0.2) is 4.39 Å². The van der Waals surface area contributed by atoms with Gasteiger partial charge in [0.15, 0.2) is 0 Å². The highest BCUT2D eigenvalue weighted by Gasteiger charge is 2.06. The molecule has 0 atom stereocenters. The van der Waals surface area contributed by atoms with Crippen molar-refractivity contribution in [2.45, 2.75) is 65.9 Å². The summed E-state index contributed by atoms with van der Waals surface area (Å²) < 4.78 is 41.2. The van der Waals surface area contributed by atoms with Crippen LogP contribution in [0.1, 0.15) is 57.9 Å². The number of hydrogen-bond acceptors (Lipinski definition) is 2. The summed E-state index contributed by atoms with van der Waals surface area (Å²) in [7, 11) is 0. The molecule has 2 aromatic rings. The zero-order valence-corrected chi connectivity index (χ0v) is 18.8. The summed E-state index contributed by atoms with van der Waals surface area (Å²) in [5, 5.41) is 0. The van der Waals surface area contributed by atoms with E-state index < -0.39 is 6.61 Å². The maximum atomic E-state index is 13.6. The van der Waals surface area contributed by atoms with E-state index in [4.69, 9.17) is 4.99 Å². The number of halogens is 4. The van der Waals surface area contributed by atoms with Crippen LogP contribution in [0.3, 0.4) is 0 Å². The number of rotatable bonds is 9. The molecular weight excluding hydrogens is 443 g/mol. The number of aryl methyl sites for hydroxylation is 1. The minimum Gasteiger partial charge on any atom is -0.435 e. The number of ether oxygens (including phenoxy) is 1. The molecule has 0 spiro atoms. The van der Waals surface area contributed by atoms with Gasteiger partial charge < -0.3 is 4.74 Å². The average molecular weight is 472 g/mol. The first-order valence-electron chi connectivity index (χ1n) is 9.89. The Hall–Kier alpha value is -1.82. The Morgan fingerprint density at radius 2 is 1.62 bits per heavy atom. The molecule has 160 valence electrons. The van der Waals surface area contributed by atoms with Crippen LogP contribution in [0.25, 0.3) is 0 Å². The molecule has 0 radical (unpaired) electrons. The van der Waals surface area contributed by atoms with Gasteiger partial charge in [-0.3, -0.25) is 4.99 Å². The molecule has 0 aliphatic rings. The third kappa shape index (κ3) is 10.5. The molecule has 0 saturated heterocycles. The first kappa shape index (κ1) is 25.2. The van der Waals surface area contributed by atoms with Crippen LogP contribution in [0.2, 0.25) is 0 Å². The molecule has 0 saturated carbocycles. The fourth-order valence-electron chi connectivity index (χ4n) is 2.53. The SMILES string of the molecule is CCCCC(CCCC)=Nc1cc(F)c(Br)cc1C.FC(F)Oc1ccccc1. The van der Waals surface area contributed by atoms with Crippen LogP contribution >= 0.6 is 15.9 Å². The molecule has 29 heavy (non-hydrogen) atoms. The molecule has 0 aliphatic heterocycles. The minimum atomic E-state index is -2.73. The van der Waals surface area contributed by atoms with E-state index in [1.807, 2.05) is 6.92 Å². The molecule has 2 nitrogen and oxygen atoms in total. The number of aliphatic imine (C=N–C) groups is 1. The van der Waals surface area contributed by atoms with Gasteiger partial charge in [0.1, 0.15) is 11.6 Å². The number of hydrogen-bond donors (Lipinski definition) is 0. The summed E-state index contributed by atoms with van der Waals surface area (Å²) in [6, 6.07) is 11.3. The van der Waals surface area contributed by atoms with Crippen molar-refractivity contribution in [1.82, 2.24) is 0 Å². The molecule has 0 N–H and O–H groups in total. The molecule has 2 aromatic carbocycles. The van der Waals surface area contributed by atoms with Crippen LogP contribution in [0.5, 0.6) is 5.75 Å². The first-order chi connectivity index (χ1) is 13.9. The maximum Gasteiger partial charge on any atom is 0.387 e. The topological polar surface area (TPSA) is 21.6 Å². The normalized spacial score (nSPS) is 10.3. The summed E-state index contributed by atoms with van der Waals surface area (Å²) in [5.41, 5.74) is 2.98. The second-order valence-corrected chi connectivity index (χ2v) is 7.48. The highest BCUT2D eigenvalue weighted by molar-refractivity contribution is 9.10. The van der Waals surface area contributed by atoms with E-state index in [2.05, 4.69) is 34.5 Å². The summed E-state index contributed by atoms with van der Waals surface area (Å²) in [5.74, 6) is -0.0489. The molecule has 0 bridgehead atoms. The summed E-state index contributed by atoms with van der Waals surface area (Å²) >= 11 is 3.21. The third-order valence-corrected chi connectivity index (χ3v) is 4.73. The molecule has 6 heteroatoms. The third-order valence-electron chi connectivity index (χ3n) is 4.12. The number of nitrogens with zero attached hydrogens (tertiary/aromatic N) is 1. The number of benzene rings is 2. The molecule has 0 unspecified atom stereocenters. The predicted octanol–water partition coefficient (Wildman–Crippen LogP) is 8.64. The first-order valence-corrected chi connectivity index (χ1v) is 10.7. The van der Waals surface area contributed by atoms with Crippen molar-refractivity contribution in [3.05, 3.63) is 58.3 Å². The molecule has 0 aliphatic carbocycles. The predicted molar refractivity (Wildman–Crippen MR) is 118 cm³/mol. The van der Waals surface area contributed by atoms with Crippen LogP contribution in [0.4, 0.5) is 18.9 Å². The second-order valence-electron chi connectivity index (χ2n) is 6.63. The van der Waals surface area contributed by atoms with Crippen molar-refractivity contribution >= 4 is 27.3 Å². The lowest BCUT2D eigenvalue weighted by molar-refractivity contribution is -0.0498. The number of para-hydroxylation sites is 1. The van der Waals surface area contributed by atoms with Crippen molar-refractivity contribution in [2.75, 3.05) is 0 Å². The average Bonchev–Trinajstić information content (AvgIpc) is 2.68. The van der Waals surface area contributed by atoms with Gasteiger partial charge in [-0.05, 0) is 72.3 Å². The lowest BCUT2D eigenvalue weighted by Crippen LogP contribution is -2.00. The van der Waals surface area contributed by atoms with Crippen molar-refractivity contribution in [2.24, 2.45) is 4.99 Å². The van der Waals surface area contributed by atoms with Gasteiger partial charge in [-0.2, -0.15) is 8.78 Å². The van der Waals surface area contributed by atoms with Gasteiger partial charge in [-0.1, -0.05) is 44.9 Å². The Balaban J connectivity index is 0.000000352. The van der Waals surface area contributed by atoms with Gasteiger partial charge in [0, 0.05) is 11.8 Å². The second kappa shape index (κ2) is 14.2. The van der Waals surface area contributed by atoms with E-state index in [1.165, 1.54) is 36.8 Å². The highest BCUT2D eigenvalue weighted by Crippen LogP contribution is 2.27. The lowest BCUT2D eigenvalue weighted by Gasteiger charge is -2.08. The fraction of sp³-hybridized carbons (Fsp3) is 0.435. The van der Waals surface area contributed by atoms with E-state index in [1.54, 1.807) is 24.3 Å². The fourth-order valence-corrected chi connectivity index (χ4v) is 2.98. The smallest absolute Gasteiger partial charge is 0.387 e. The molecule has 0 amide bonds. The highest BCUT2D eigenvalue weighted by atomic mass is 79.9. The molecule has 2 rings (SSSR count). The molecular formula is C23H29BrF3NO. The quantitative estimate of drug-likeness (QED) is 0.335. The van der Waals surface area contributed by atoms with E-state index in [0.717, 1.165) is 36.9 Å². The van der Waals surface area contributed by atoms with Crippen LogP contribution in [0.15, 0.2) is 51.9 Å². The van der Waals surface area contributed by atoms with E-state index >= 15 is 0 Å². The van der Waals surface area contributed by atoms with Gasteiger partial charge in [0.2, 0.25) is 0 Å². The van der Waals surface area contributed by atoms with Gasteiger partial charge in [0.05, 0.1) is 10.2 Å². The Kier molecular flexibility index (Phi) is 12.4. The van der Waals surface area contributed by atoms with Crippen LogP contribution in [-0.2, 0) is 0 Å². The Labute approximate surface area is 180 Å². The Bertz CT molecular complexity index is 741.